The Morgan fingerprint density at radius 1 is 0.475 bits per heavy atom. The van der Waals surface area contributed by atoms with Crippen LogP contribution in [0.15, 0.2) is 12.2 Å². The van der Waals surface area contributed by atoms with Crippen LogP contribution in [0.3, 0.4) is 0 Å². The summed E-state index contributed by atoms with van der Waals surface area (Å²) in [5.74, 6) is -4.87. The lowest BCUT2D eigenvalue weighted by atomic mass is 9.68. The molecule has 1 aliphatic rings. The first-order valence-electron chi connectivity index (χ1n) is 15.7. The van der Waals surface area contributed by atoms with E-state index in [0.29, 0.717) is 24.7 Å². The molecule has 0 bridgehead atoms. The number of unbranched alkanes of at least 4 members (excludes halogenated alkanes) is 12. The molecule has 8 nitrogen and oxygen atoms in total. The highest BCUT2D eigenvalue weighted by Crippen LogP contribution is 2.40. The Kier molecular flexibility index (Phi) is 18.3. The number of aliphatic carboxylic acids is 4. The zero-order chi connectivity index (χ0) is 29.9. The third kappa shape index (κ3) is 14.3. The van der Waals surface area contributed by atoms with Gasteiger partial charge in [0.05, 0.1) is 0 Å². The van der Waals surface area contributed by atoms with Gasteiger partial charge in [0, 0.05) is 0 Å². The average molecular weight is 567 g/mol. The van der Waals surface area contributed by atoms with Crippen LogP contribution in [0, 0.1) is 35.5 Å². The maximum Gasteiger partial charge on any atom is 0.317 e. The summed E-state index contributed by atoms with van der Waals surface area (Å²) in [6, 6.07) is 0. The number of carboxylic acids is 4. The smallest absolute Gasteiger partial charge is 0.317 e. The summed E-state index contributed by atoms with van der Waals surface area (Å²) < 4.78 is 0. The highest BCUT2D eigenvalue weighted by atomic mass is 16.4. The summed E-state index contributed by atoms with van der Waals surface area (Å²) in [6.45, 7) is 4.70. The van der Waals surface area contributed by atoms with Gasteiger partial charge in [-0.3, -0.25) is 19.2 Å². The average Bonchev–Trinajstić information content (AvgIpc) is 2.88. The van der Waals surface area contributed by atoms with Gasteiger partial charge in [-0.25, -0.2) is 0 Å². The molecule has 0 aromatic carbocycles. The van der Waals surface area contributed by atoms with Crippen molar-refractivity contribution in [2.24, 2.45) is 35.5 Å². The summed E-state index contributed by atoms with van der Waals surface area (Å²) in [6.07, 6.45) is 22.3. The van der Waals surface area contributed by atoms with Crippen molar-refractivity contribution in [3.63, 3.8) is 0 Å². The zero-order valence-corrected chi connectivity index (χ0v) is 24.8. The van der Waals surface area contributed by atoms with Crippen molar-refractivity contribution in [2.45, 2.75) is 129 Å². The molecule has 0 fully saturated rings. The summed E-state index contributed by atoms with van der Waals surface area (Å²) in [7, 11) is 0. The number of hydrogen-bond donors (Lipinski definition) is 4. The van der Waals surface area contributed by atoms with Crippen molar-refractivity contribution in [1.29, 1.82) is 0 Å². The van der Waals surface area contributed by atoms with Crippen LogP contribution in [0.25, 0.3) is 0 Å². The Morgan fingerprint density at radius 3 is 1.00 bits per heavy atom. The van der Waals surface area contributed by atoms with Crippen LogP contribution in [0.2, 0.25) is 0 Å². The van der Waals surface area contributed by atoms with Gasteiger partial charge in [-0.15, -0.1) is 0 Å². The summed E-state index contributed by atoms with van der Waals surface area (Å²) >= 11 is 0. The fourth-order valence-electron chi connectivity index (χ4n) is 6.30. The molecule has 0 saturated carbocycles. The van der Waals surface area contributed by atoms with Crippen LogP contribution >= 0.6 is 0 Å². The van der Waals surface area contributed by atoms with Crippen molar-refractivity contribution < 1.29 is 39.6 Å². The molecule has 4 atom stereocenters. The zero-order valence-electron chi connectivity index (χ0n) is 24.8. The van der Waals surface area contributed by atoms with Crippen LogP contribution in [-0.4, -0.2) is 44.3 Å². The molecule has 1 aliphatic carbocycles. The van der Waals surface area contributed by atoms with E-state index in [1.807, 2.05) is 0 Å². The third-order valence-electron chi connectivity index (χ3n) is 8.87. The second kappa shape index (κ2) is 20.5. The highest BCUT2D eigenvalue weighted by molar-refractivity contribution is 5.93. The van der Waals surface area contributed by atoms with Crippen LogP contribution in [0.4, 0.5) is 0 Å². The fraction of sp³-hybridized carbons (Fsp3) is 0.812. The molecule has 4 N–H and O–H groups in total. The molecular formula is C32H54O8. The molecule has 40 heavy (non-hydrogen) atoms. The third-order valence-corrected chi connectivity index (χ3v) is 8.87. The Morgan fingerprint density at radius 2 is 0.725 bits per heavy atom. The Hall–Kier alpha value is -2.38. The van der Waals surface area contributed by atoms with Crippen molar-refractivity contribution in [1.82, 2.24) is 0 Å². The van der Waals surface area contributed by atoms with E-state index < -0.39 is 35.7 Å². The van der Waals surface area contributed by atoms with E-state index in [4.69, 9.17) is 20.4 Å². The molecular weight excluding hydrogens is 512 g/mol. The highest BCUT2D eigenvalue weighted by Gasteiger charge is 2.31. The predicted molar refractivity (Wildman–Crippen MR) is 155 cm³/mol. The number of hydrogen-bond acceptors (Lipinski definition) is 4. The molecule has 0 aromatic heterocycles. The van der Waals surface area contributed by atoms with Crippen molar-refractivity contribution in [2.75, 3.05) is 0 Å². The first kappa shape index (κ1) is 35.6. The van der Waals surface area contributed by atoms with E-state index in [0.717, 1.165) is 50.4 Å². The standard InChI is InChI=1S/C32H54O8/c1-23-21-22-24(2)26(18-14-10-6-4-8-12-16-20-28(31(37)38)32(39)40)25(23)17-13-9-5-3-7-11-15-19-27(29(33)34)30(35)36/h21-28H,3-20H2,1-2H3,(H,33,34)(H,35,36)(H,37,38)(H,39,40). The summed E-state index contributed by atoms with van der Waals surface area (Å²) in [4.78, 5) is 43.8. The SMILES string of the molecule is CC1C=CC(C)C(CCCCCCCCCC(C(=O)O)C(=O)O)C1CCCCCCCCCC(C(=O)O)C(=O)O. The molecule has 230 valence electrons. The molecule has 0 aromatic rings. The lowest BCUT2D eigenvalue weighted by Crippen LogP contribution is -2.29. The van der Waals surface area contributed by atoms with Crippen molar-refractivity contribution >= 4 is 23.9 Å². The Balaban J connectivity index is 2.19. The quantitative estimate of drug-likeness (QED) is 0.0528. The molecule has 0 aliphatic heterocycles. The predicted octanol–water partition coefficient (Wildman–Crippen LogP) is 7.65. The van der Waals surface area contributed by atoms with E-state index in [1.54, 1.807) is 0 Å². The number of allylic oxidation sites excluding steroid dienone is 2. The largest absolute Gasteiger partial charge is 0.481 e. The molecule has 8 heteroatoms. The minimum Gasteiger partial charge on any atom is -0.481 e. The van der Waals surface area contributed by atoms with Crippen LogP contribution in [0.5, 0.6) is 0 Å². The molecule has 0 saturated heterocycles. The Bertz CT molecular complexity index is 700. The van der Waals surface area contributed by atoms with Gasteiger partial charge in [0.2, 0.25) is 0 Å². The molecule has 0 spiro atoms. The van der Waals surface area contributed by atoms with E-state index in [2.05, 4.69) is 26.0 Å². The summed E-state index contributed by atoms with van der Waals surface area (Å²) in [5.41, 5.74) is 0. The second-order valence-electron chi connectivity index (χ2n) is 12.0. The van der Waals surface area contributed by atoms with Crippen LogP contribution < -0.4 is 0 Å². The van der Waals surface area contributed by atoms with Gasteiger partial charge in [-0.05, 0) is 49.4 Å². The van der Waals surface area contributed by atoms with E-state index >= 15 is 0 Å². The van der Waals surface area contributed by atoms with Gasteiger partial charge < -0.3 is 20.4 Å². The normalized spacial score (nSPS) is 20.7. The Labute approximate surface area is 240 Å². The molecule has 4 unspecified atom stereocenters. The van der Waals surface area contributed by atoms with E-state index in [9.17, 15) is 19.2 Å². The van der Waals surface area contributed by atoms with E-state index in [-0.39, 0.29) is 12.8 Å². The molecule has 0 heterocycles. The second-order valence-corrected chi connectivity index (χ2v) is 12.0. The monoisotopic (exact) mass is 566 g/mol. The van der Waals surface area contributed by atoms with Gasteiger partial charge in [0.15, 0.2) is 11.8 Å². The lowest BCUT2D eigenvalue weighted by molar-refractivity contribution is -0.156. The first-order valence-corrected chi connectivity index (χ1v) is 15.7. The number of carboxylic acid groups (broad SMARTS) is 4. The summed E-state index contributed by atoms with van der Waals surface area (Å²) in [5, 5.41) is 35.8. The minimum absolute atomic E-state index is 0.209. The van der Waals surface area contributed by atoms with Gasteiger partial charge in [0.25, 0.3) is 0 Å². The maximum atomic E-state index is 10.9. The van der Waals surface area contributed by atoms with Gasteiger partial charge >= 0.3 is 23.9 Å². The first-order chi connectivity index (χ1) is 19.1. The van der Waals surface area contributed by atoms with Gasteiger partial charge in [-0.1, -0.05) is 116 Å². The van der Waals surface area contributed by atoms with E-state index in [1.165, 1.54) is 51.4 Å². The topological polar surface area (TPSA) is 149 Å². The lowest BCUT2D eigenvalue weighted by Gasteiger charge is -2.37. The van der Waals surface area contributed by atoms with Gasteiger partial charge in [-0.2, -0.15) is 0 Å². The number of rotatable bonds is 24. The van der Waals surface area contributed by atoms with Gasteiger partial charge in [0.1, 0.15) is 0 Å². The molecule has 0 radical (unpaired) electrons. The molecule has 1 rings (SSSR count). The van der Waals surface area contributed by atoms with Crippen molar-refractivity contribution in [3.8, 4) is 0 Å². The minimum atomic E-state index is -1.28. The fourth-order valence-corrected chi connectivity index (χ4v) is 6.30. The van der Waals surface area contributed by atoms with Crippen molar-refractivity contribution in [3.05, 3.63) is 12.2 Å². The maximum absolute atomic E-state index is 10.9. The molecule has 0 amide bonds. The number of carbonyl (C=O) groups is 4. The van der Waals surface area contributed by atoms with Crippen LogP contribution in [-0.2, 0) is 19.2 Å². The van der Waals surface area contributed by atoms with Crippen LogP contribution in [0.1, 0.15) is 129 Å².